The molecule has 0 N–H and O–H groups in total. The van der Waals surface area contributed by atoms with Crippen molar-refractivity contribution in [3.05, 3.63) is 121 Å². The molecule has 37 heavy (non-hydrogen) atoms. The third kappa shape index (κ3) is 10.8. The summed E-state index contributed by atoms with van der Waals surface area (Å²) < 4.78 is 0. The van der Waals surface area contributed by atoms with Crippen LogP contribution < -0.4 is 5.19 Å². The van der Waals surface area contributed by atoms with Crippen LogP contribution >= 0.6 is 24.8 Å². The number of hydrogen-bond donors (Lipinski definition) is 0. The van der Waals surface area contributed by atoms with Crippen molar-refractivity contribution in [3.63, 3.8) is 0 Å². The van der Waals surface area contributed by atoms with Crippen LogP contribution in [0.5, 0.6) is 0 Å². The summed E-state index contributed by atoms with van der Waals surface area (Å²) >= 11 is 0. The molecule has 2 aliphatic rings. The first-order valence-corrected chi connectivity index (χ1v) is 12.5. The van der Waals surface area contributed by atoms with Gasteiger partial charge in [-0.05, 0) is 23.0 Å². The molecule has 1 radical (unpaired) electrons. The maximum Gasteiger partial charge on any atom is 0.0477 e. The van der Waals surface area contributed by atoms with E-state index in [9.17, 15) is 0 Å². The minimum Gasteiger partial charge on any atom is -0.358 e. The maximum atomic E-state index is 3.55. The molecule has 3 aromatic carbocycles. The van der Waals surface area contributed by atoms with Crippen molar-refractivity contribution in [3.8, 4) is 11.1 Å². The molecule has 0 saturated carbocycles. The van der Waals surface area contributed by atoms with Crippen LogP contribution in [-0.4, -0.2) is 10.2 Å². The molecule has 3 aromatic rings. The maximum absolute atomic E-state index is 3.55. The zero-order chi connectivity index (χ0) is 24.1. The van der Waals surface area contributed by atoms with E-state index in [0.29, 0.717) is 0 Å². The standard InChI is InChI=1S/C21H25.C6H7Si.C5H5.CH3.2ClH.Hf/c1-20(2,3)15-11-10-14-12-18-16(17(14)13-15)8-7-9-19(18)21(4,5)6;7-6-4-2-1-3-5-6;1-2-4-5-3-1;;;;/h7-9,11,13H,12H2,1-6H3;1-5H,7H2;1-3H,4H2;1H3;2*1H;/q-1;;2*-1;;;. The van der Waals surface area contributed by atoms with Gasteiger partial charge in [-0.15, -0.1) is 36.8 Å². The molecule has 0 spiro atoms. The van der Waals surface area contributed by atoms with Gasteiger partial charge in [-0.1, -0.05) is 106 Å². The van der Waals surface area contributed by atoms with Gasteiger partial charge in [0.2, 0.25) is 0 Å². The van der Waals surface area contributed by atoms with E-state index in [1.54, 1.807) is 0 Å². The minimum absolute atomic E-state index is 0. The summed E-state index contributed by atoms with van der Waals surface area (Å²) in [6.07, 6.45) is 11.0. The Hall–Kier alpha value is -1.19. The SMILES string of the molecule is CC(C)(C)c1c[c-]c2c(c1)-c1cccc(C(C)(C)C)c1C2.Cl.Cl.[C-]1=CC=CC1.[CH3-].[Hf].[SiH2]c1ccccc1. The summed E-state index contributed by atoms with van der Waals surface area (Å²) in [6.45, 7) is 13.7. The van der Waals surface area contributed by atoms with E-state index in [1.807, 2.05) is 40.6 Å². The fourth-order valence-electron chi connectivity index (χ4n) is 4.07. The average molecular weight is 716 g/mol. The molecule has 0 heterocycles. The molecule has 0 unspecified atom stereocenters. The quantitative estimate of drug-likeness (QED) is 0.127. The van der Waals surface area contributed by atoms with Crippen molar-refractivity contribution < 1.29 is 25.8 Å². The molecule has 0 aromatic heterocycles. The number of benzene rings is 3. The van der Waals surface area contributed by atoms with Crippen molar-refractivity contribution in [2.24, 2.45) is 0 Å². The van der Waals surface area contributed by atoms with E-state index in [0.717, 1.165) is 12.8 Å². The zero-order valence-electron chi connectivity index (χ0n) is 23.4. The molecule has 5 rings (SSSR count). The fourth-order valence-corrected chi connectivity index (χ4v) is 4.35. The van der Waals surface area contributed by atoms with Gasteiger partial charge in [-0.25, -0.2) is 12.2 Å². The largest absolute Gasteiger partial charge is 0.358 e. The van der Waals surface area contributed by atoms with Crippen molar-refractivity contribution in [1.29, 1.82) is 0 Å². The van der Waals surface area contributed by atoms with Gasteiger partial charge in [0, 0.05) is 36.1 Å². The van der Waals surface area contributed by atoms with Gasteiger partial charge in [-0.3, -0.25) is 6.08 Å². The number of halogens is 2. The van der Waals surface area contributed by atoms with Gasteiger partial charge >= 0.3 is 0 Å². The Labute approximate surface area is 261 Å². The summed E-state index contributed by atoms with van der Waals surface area (Å²) in [5.41, 5.74) is 8.88. The summed E-state index contributed by atoms with van der Waals surface area (Å²) in [5.74, 6) is 0. The number of hydrogen-bond acceptors (Lipinski definition) is 0. The molecule has 0 amide bonds. The molecule has 199 valence electrons. The zero-order valence-corrected chi connectivity index (χ0v) is 30.1. The van der Waals surface area contributed by atoms with E-state index >= 15 is 0 Å². The van der Waals surface area contributed by atoms with E-state index in [1.165, 1.54) is 38.6 Å². The molecule has 0 atom stereocenters. The average Bonchev–Trinajstić information content (AvgIpc) is 3.44. The van der Waals surface area contributed by atoms with E-state index in [-0.39, 0.29) is 68.9 Å². The first-order valence-electron chi connectivity index (χ1n) is 11.8. The van der Waals surface area contributed by atoms with Crippen LogP contribution in [0.3, 0.4) is 0 Å². The molecule has 0 saturated heterocycles. The Morgan fingerprint density at radius 2 is 1.46 bits per heavy atom. The first kappa shape index (κ1) is 38.0. The van der Waals surface area contributed by atoms with Crippen molar-refractivity contribution in [2.45, 2.75) is 65.2 Å². The number of rotatable bonds is 0. The molecule has 2 aliphatic carbocycles. The van der Waals surface area contributed by atoms with Crippen LogP contribution in [0.2, 0.25) is 0 Å². The molecule has 4 heteroatoms. The Bertz CT molecular complexity index is 1130. The molecular formula is C33H42Cl2HfSi-3. The molecular weight excluding hydrogens is 674 g/mol. The summed E-state index contributed by atoms with van der Waals surface area (Å²) in [4.78, 5) is 0. The fraction of sp³-hybridized carbons (Fsp3) is 0.303. The van der Waals surface area contributed by atoms with Crippen molar-refractivity contribution >= 4 is 40.2 Å². The normalized spacial score (nSPS) is 12.0. The second-order valence-electron chi connectivity index (χ2n) is 10.8. The smallest absolute Gasteiger partial charge is 0.0477 e. The molecule has 0 nitrogen and oxygen atoms in total. The van der Waals surface area contributed by atoms with Crippen molar-refractivity contribution in [2.75, 3.05) is 0 Å². The van der Waals surface area contributed by atoms with Gasteiger partial charge in [0.15, 0.2) is 0 Å². The van der Waals surface area contributed by atoms with Crippen LogP contribution in [0.25, 0.3) is 11.1 Å². The predicted octanol–water partition coefficient (Wildman–Crippen LogP) is 8.20. The van der Waals surface area contributed by atoms with Gasteiger partial charge in [0.05, 0.1) is 0 Å². The third-order valence-electron chi connectivity index (χ3n) is 5.95. The van der Waals surface area contributed by atoms with Gasteiger partial charge in [0.1, 0.15) is 0 Å². The second kappa shape index (κ2) is 16.7. The van der Waals surface area contributed by atoms with Crippen LogP contribution in [0.4, 0.5) is 0 Å². The summed E-state index contributed by atoms with van der Waals surface area (Å²) in [5, 5.41) is 1.35. The molecule has 0 aliphatic heterocycles. The number of allylic oxidation sites excluding steroid dienone is 4. The topological polar surface area (TPSA) is 0 Å². The van der Waals surface area contributed by atoms with Crippen molar-refractivity contribution in [1.82, 2.24) is 0 Å². The van der Waals surface area contributed by atoms with Gasteiger partial charge in [0.25, 0.3) is 0 Å². The van der Waals surface area contributed by atoms with Gasteiger partial charge < -0.3 is 7.43 Å². The number of fused-ring (bicyclic) bond motifs is 3. The van der Waals surface area contributed by atoms with Crippen LogP contribution in [0, 0.1) is 19.6 Å². The first-order chi connectivity index (χ1) is 15.6. The molecule has 0 bridgehead atoms. The van der Waals surface area contributed by atoms with E-state index in [4.69, 9.17) is 0 Å². The Morgan fingerprint density at radius 1 is 0.811 bits per heavy atom. The van der Waals surface area contributed by atoms with E-state index < -0.39 is 0 Å². The van der Waals surface area contributed by atoms with Gasteiger partial charge in [-0.2, -0.15) is 35.4 Å². The van der Waals surface area contributed by atoms with Crippen LogP contribution in [0.1, 0.15) is 70.2 Å². The van der Waals surface area contributed by atoms with Crippen LogP contribution in [0.15, 0.2) is 78.9 Å². The molecule has 0 fully saturated rings. The summed E-state index contributed by atoms with van der Waals surface area (Å²) in [7, 11) is 1.90. The van der Waals surface area contributed by atoms with E-state index in [2.05, 4.69) is 102 Å². The third-order valence-corrected chi connectivity index (χ3v) is 6.42. The Kier molecular flexibility index (Phi) is 17.1. The Balaban J connectivity index is 0. The Morgan fingerprint density at radius 3 is 1.89 bits per heavy atom. The monoisotopic (exact) mass is 716 g/mol. The predicted molar refractivity (Wildman–Crippen MR) is 168 cm³/mol. The minimum atomic E-state index is 0. The second-order valence-corrected chi connectivity index (χ2v) is 11.6. The summed E-state index contributed by atoms with van der Waals surface area (Å²) in [6, 6.07) is 25.2. The van der Waals surface area contributed by atoms with Crippen LogP contribution in [-0.2, 0) is 43.1 Å².